The molecule has 0 saturated carbocycles. The van der Waals surface area contributed by atoms with Gasteiger partial charge in [-0.25, -0.2) is 19.6 Å². The van der Waals surface area contributed by atoms with Crippen LogP contribution in [0, 0.1) is 11.6 Å². The van der Waals surface area contributed by atoms with Crippen LogP contribution in [0.5, 0.6) is 0 Å². The number of benzene rings is 2. The zero-order chi connectivity index (χ0) is 20.1. The number of nitrogens with zero attached hydrogens (tertiary/aromatic N) is 2. The largest absolute Gasteiger partial charge is 0.417 e. The van der Waals surface area contributed by atoms with Crippen LogP contribution in [-0.4, -0.2) is 17.7 Å². The van der Waals surface area contributed by atoms with E-state index in [1.54, 1.807) is 0 Å². The number of alkyl halides is 3. The number of carbonyl (C=O) groups excluding carboxylic acids is 1. The molecule has 1 amide bonds. The van der Waals surface area contributed by atoms with Gasteiger partial charge in [0.25, 0.3) is 5.91 Å². The van der Waals surface area contributed by atoms with Crippen molar-refractivity contribution in [1.29, 1.82) is 0 Å². The predicted octanol–water partition coefficient (Wildman–Crippen LogP) is 4.08. The Bertz CT molecular complexity index is 954. The highest BCUT2D eigenvalue weighted by Crippen LogP contribution is 2.42. The molecule has 1 unspecified atom stereocenters. The number of hydrogen-bond acceptors (Lipinski definition) is 3. The maximum Gasteiger partial charge on any atom is 0.417 e. The lowest BCUT2D eigenvalue weighted by Gasteiger charge is -2.21. The van der Waals surface area contributed by atoms with E-state index in [2.05, 4.69) is 4.99 Å². The van der Waals surface area contributed by atoms with Crippen LogP contribution in [0.4, 0.5) is 27.6 Å². The first-order chi connectivity index (χ1) is 12.5. The summed E-state index contributed by atoms with van der Waals surface area (Å²) in [6, 6.07) is 3.26. The van der Waals surface area contributed by atoms with E-state index in [9.17, 15) is 26.7 Å². The molecule has 0 bridgehead atoms. The minimum atomic E-state index is -4.84. The van der Waals surface area contributed by atoms with Crippen molar-refractivity contribution in [3.8, 4) is 0 Å². The molecule has 1 aliphatic heterocycles. The number of rotatable bonds is 1. The first-order valence-electron chi connectivity index (χ1n) is 7.55. The van der Waals surface area contributed by atoms with Gasteiger partial charge in [0.1, 0.15) is 17.7 Å². The number of benzodiazepines with no additional fused rings is 1. The number of fused-ring (bicyclic) bond motifs is 1. The van der Waals surface area contributed by atoms with Crippen LogP contribution in [0.25, 0.3) is 0 Å². The summed E-state index contributed by atoms with van der Waals surface area (Å²) in [7, 11) is 0. The van der Waals surface area contributed by atoms with E-state index in [1.807, 2.05) is 0 Å². The van der Waals surface area contributed by atoms with Crippen LogP contribution in [0.3, 0.4) is 0 Å². The molecule has 0 radical (unpaired) electrons. The number of nitrogens with two attached hydrogens (primary N) is 1. The monoisotopic (exact) mass is 403 g/mol. The Morgan fingerprint density at radius 2 is 1.70 bits per heavy atom. The van der Waals surface area contributed by atoms with Crippen molar-refractivity contribution in [2.75, 3.05) is 5.01 Å². The Kier molecular flexibility index (Phi) is 4.69. The first-order valence-corrected chi connectivity index (χ1v) is 7.92. The van der Waals surface area contributed by atoms with E-state index in [4.69, 9.17) is 17.4 Å². The molecular weight excluding hydrogens is 393 g/mol. The number of halogens is 6. The molecule has 0 spiro atoms. The molecule has 27 heavy (non-hydrogen) atoms. The molecule has 0 aliphatic carbocycles. The fraction of sp³-hybridized carbons (Fsp3) is 0.176. The summed E-state index contributed by atoms with van der Waals surface area (Å²) in [6.07, 6.45) is -4.84. The fourth-order valence-electron chi connectivity index (χ4n) is 2.76. The number of aliphatic imine (C=N–C) groups is 1. The number of amides is 1. The molecule has 0 aromatic heterocycles. The highest BCUT2D eigenvalue weighted by atomic mass is 35.5. The van der Waals surface area contributed by atoms with Gasteiger partial charge in [-0.15, -0.1) is 0 Å². The van der Waals surface area contributed by atoms with Crippen LogP contribution in [0.1, 0.15) is 23.6 Å². The third kappa shape index (κ3) is 3.17. The Balaban J connectivity index is 2.43. The second-order valence-electron chi connectivity index (χ2n) is 5.78. The van der Waals surface area contributed by atoms with Crippen molar-refractivity contribution in [2.24, 2.45) is 10.8 Å². The average Bonchev–Trinajstić information content (AvgIpc) is 2.65. The van der Waals surface area contributed by atoms with Crippen LogP contribution >= 0.6 is 11.6 Å². The number of anilines is 1. The molecule has 2 N–H and O–H groups in total. The van der Waals surface area contributed by atoms with E-state index in [-0.39, 0.29) is 5.69 Å². The van der Waals surface area contributed by atoms with Gasteiger partial charge in [0.05, 0.1) is 27.5 Å². The summed E-state index contributed by atoms with van der Waals surface area (Å²) < 4.78 is 68.5. The average molecular weight is 404 g/mol. The number of hydrogen-bond donors (Lipinski definition) is 1. The van der Waals surface area contributed by atoms with Crippen molar-refractivity contribution >= 4 is 28.9 Å². The summed E-state index contributed by atoms with van der Waals surface area (Å²) in [5, 5.41) is -0.292. The van der Waals surface area contributed by atoms with Crippen molar-refractivity contribution in [2.45, 2.75) is 19.1 Å². The Labute approximate surface area is 155 Å². The SMILES string of the molecule is CC1N=C(c2c(F)cccc2F)c2c(ccc(C(F)(F)F)c2Cl)N(N)C1=O. The van der Waals surface area contributed by atoms with Crippen LogP contribution in [0.2, 0.25) is 5.02 Å². The smallest absolute Gasteiger partial charge is 0.271 e. The lowest BCUT2D eigenvalue weighted by atomic mass is 9.97. The topological polar surface area (TPSA) is 58.7 Å². The molecule has 4 nitrogen and oxygen atoms in total. The molecule has 1 heterocycles. The second kappa shape index (κ2) is 6.58. The second-order valence-corrected chi connectivity index (χ2v) is 6.16. The van der Waals surface area contributed by atoms with Gasteiger partial charge in [0.15, 0.2) is 0 Å². The van der Waals surface area contributed by atoms with Gasteiger partial charge in [-0.3, -0.25) is 9.79 Å². The molecule has 1 atom stereocenters. The highest BCUT2D eigenvalue weighted by molar-refractivity contribution is 6.38. The fourth-order valence-corrected chi connectivity index (χ4v) is 3.11. The van der Waals surface area contributed by atoms with Crippen molar-refractivity contribution in [1.82, 2.24) is 0 Å². The Hall–Kier alpha value is -2.52. The molecule has 3 rings (SSSR count). The normalized spacial score (nSPS) is 17.5. The van der Waals surface area contributed by atoms with E-state index in [0.717, 1.165) is 24.3 Å². The summed E-state index contributed by atoms with van der Waals surface area (Å²) >= 11 is 5.95. The van der Waals surface area contributed by atoms with Crippen LogP contribution in [-0.2, 0) is 11.0 Å². The maximum atomic E-state index is 14.3. The molecule has 2 aromatic carbocycles. The van der Waals surface area contributed by atoms with E-state index in [0.29, 0.717) is 11.1 Å². The highest BCUT2D eigenvalue weighted by Gasteiger charge is 2.39. The van der Waals surface area contributed by atoms with Crippen molar-refractivity contribution in [3.63, 3.8) is 0 Å². The third-order valence-electron chi connectivity index (χ3n) is 4.04. The summed E-state index contributed by atoms with van der Waals surface area (Å²) in [5.74, 6) is 2.79. The zero-order valence-corrected chi connectivity index (χ0v) is 14.4. The molecule has 2 aromatic rings. The van der Waals surface area contributed by atoms with Crippen molar-refractivity contribution in [3.05, 3.63) is 63.7 Å². The quantitative estimate of drug-likeness (QED) is 0.443. The summed E-state index contributed by atoms with van der Waals surface area (Å²) in [6.45, 7) is 1.30. The predicted molar refractivity (Wildman–Crippen MR) is 89.6 cm³/mol. The maximum absolute atomic E-state index is 14.3. The molecular formula is C17H11ClF5N3O. The Morgan fingerprint density at radius 1 is 1.11 bits per heavy atom. The molecule has 1 aliphatic rings. The first kappa shape index (κ1) is 19.2. The van der Waals surface area contributed by atoms with Crippen LogP contribution in [0.15, 0.2) is 35.3 Å². The Morgan fingerprint density at radius 3 is 2.26 bits per heavy atom. The summed E-state index contributed by atoms with van der Waals surface area (Å²) in [5.41, 5.74) is -3.19. The lowest BCUT2D eigenvalue weighted by molar-refractivity contribution is -0.137. The van der Waals surface area contributed by atoms with Gasteiger partial charge in [-0.1, -0.05) is 17.7 Å². The zero-order valence-electron chi connectivity index (χ0n) is 13.6. The van der Waals surface area contributed by atoms with Crippen LogP contribution < -0.4 is 10.9 Å². The van der Waals surface area contributed by atoms with E-state index in [1.165, 1.54) is 6.92 Å². The van der Waals surface area contributed by atoms with E-state index < -0.39 is 57.2 Å². The molecule has 0 saturated heterocycles. The van der Waals surface area contributed by atoms with Crippen molar-refractivity contribution < 1.29 is 26.7 Å². The van der Waals surface area contributed by atoms with Gasteiger partial charge >= 0.3 is 6.18 Å². The van der Waals surface area contributed by atoms with E-state index >= 15 is 0 Å². The number of hydrazine groups is 1. The molecule has 10 heteroatoms. The molecule has 142 valence electrons. The third-order valence-corrected chi connectivity index (χ3v) is 4.43. The standard InChI is InChI=1S/C17H11ClF5N3O/c1-7-16(27)26(24)11-6-5-8(17(21,22)23)14(18)13(11)15(25-7)12-9(19)3-2-4-10(12)20/h2-7H,24H2,1H3. The van der Waals surface area contributed by atoms with Gasteiger partial charge < -0.3 is 0 Å². The van der Waals surface area contributed by atoms with Gasteiger partial charge in [-0.2, -0.15) is 13.2 Å². The molecule has 0 fully saturated rings. The van der Waals surface area contributed by atoms with Gasteiger partial charge in [0.2, 0.25) is 0 Å². The number of carbonyl (C=O) groups is 1. The lowest BCUT2D eigenvalue weighted by Crippen LogP contribution is -2.42. The summed E-state index contributed by atoms with van der Waals surface area (Å²) in [4.78, 5) is 16.2. The minimum Gasteiger partial charge on any atom is -0.271 e. The van der Waals surface area contributed by atoms with Gasteiger partial charge in [-0.05, 0) is 31.2 Å². The minimum absolute atomic E-state index is 0.247. The van der Waals surface area contributed by atoms with Gasteiger partial charge in [0, 0.05) is 5.56 Å².